The van der Waals surface area contributed by atoms with Gasteiger partial charge in [-0.3, -0.25) is 9.69 Å². The number of nitrogens with zero attached hydrogens (tertiary/aromatic N) is 1. The number of carbonyl (C=O) groups is 1. The molecule has 0 radical (unpaired) electrons. The summed E-state index contributed by atoms with van der Waals surface area (Å²) in [4.78, 5) is 14.0. The van der Waals surface area contributed by atoms with Crippen molar-refractivity contribution in [3.8, 4) is 0 Å². The highest BCUT2D eigenvalue weighted by Crippen LogP contribution is 2.33. The number of rotatable bonds is 7. The fourth-order valence-electron chi connectivity index (χ4n) is 2.94. The van der Waals surface area contributed by atoms with Crippen molar-refractivity contribution in [3.05, 3.63) is 0 Å². The van der Waals surface area contributed by atoms with E-state index in [1.54, 1.807) is 7.11 Å². The van der Waals surface area contributed by atoms with E-state index in [1.165, 1.54) is 0 Å². The first-order chi connectivity index (χ1) is 8.46. The third-order valence-corrected chi connectivity index (χ3v) is 4.12. The van der Waals surface area contributed by atoms with Crippen molar-refractivity contribution < 1.29 is 9.53 Å². The predicted octanol–water partition coefficient (Wildman–Crippen LogP) is 0.339. The summed E-state index contributed by atoms with van der Waals surface area (Å²) in [5.41, 5.74) is 5.01. The number of amides is 1. The minimum atomic E-state index is -0.523. The van der Waals surface area contributed by atoms with Crippen molar-refractivity contribution in [2.75, 3.05) is 27.3 Å². The Morgan fingerprint density at radius 1 is 1.61 bits per heavy atom. The van der Waals surface area contributed by atoms with Gasteiger partial charge in [0.25, 0.3) is 0 Å². The number of methoxy groups -OCH3 is 1. The van der Waals surface area contributed by atoms with Crippen LogP contribution in [-0.2, 0) is 9.53 Å². The highest BCUT2D eigenvalue weighted by atomic mass is 16.5. The molecule has 0 aromatic carbocycles. The first-order valence-electron chi connectivity index (χ1n) is 6.70. The zero-order valence-electron chi connectivity index (χ0n) is 12.0. The van der Waals surface area contributed by atoms with Crippen LogP contribution in [0.2, 0.25) is 0 Å². The Morgan fingerprint density at radius 2 is 2.28 bits per heavy atom. The van der Waals surface area contributed by atoms with Gasteiger partial charge in [0, 0.05) is 25.7 Å². The van der Waals surface area contributed by atoms with Gasteiger partial charge >= 0.3 is 0 Å². The molecule has 0 saturated heterocycles. The Bertz CT molecular complexity index is 283. The van der Waals surface area contributed by atoms with Gasteiger partial charge < -0.3 is 15.8 Å². The largest absolute Gasteiger partial charge is 0.383 e. The summed E-state index contributed by atoms with van der Waals surface area (Å²) in [6, 6.07) is 0.853. The van der Waals surface area contributed by atoms with Crippen molar-refractivity contribution in [2.24, 2.45) is 5.73 Å². The standard InChI is InChI=1S/C13H27N3O2/c1-10(2)16(7-8-18-4)11-5-6-13(9-11,15-3)12(14)17/h10-11,15H,5-9H2,1-4H3,(H2,14,17). The zero-order chi connectivity index (χ0) is 13.8. The number of ether oxygens (including phenoxy) is 1. The van der Waals surface area contributed by atoms with E-state index in [0.717, 1.165) is 32.4 Å². The van der Waals surface area contributed by atoms with Crippen LogP contribution in [0.1, 0.15) is 33.1 Å². The summed E-state index contributed by atoms with van der Waals surface area (Å²) in [6.07, 6.45) is 2.62. The van der Waals surface area contributed by atoms with Gasteiger partial charge in [0.05, 0.1) is 12.1 Å². The summed E-state index contributed by atoms with van der Waals surface area (Å²) in [6.45, 7) is 5.98. The summed E-state index contributed by atoms with van der Waals surface area (Å²) >= 11 is 0. The van der Waals surface area contributed by atoms with Crippen LogP contribution in [-0.4, -0.2) is 55.7 Å². The summed E-state index contributed by atoms with van der Waals surface area (Å²) in [7, 11) is 3.54. The molecule has 1 fully saturated rings. The van der Waals surface area contributed by atoms with Crippen LogP contribution in [0.3, 0.4) is 0 Å². The van der Waals surface area contributed by atoms with E-state index in [2.05, 4.69) is 24.1 Å². The topological polar surface area (TPSA) is 67.6 Å². The van der Waals surface area contributed by atoms with Crippen LogP contribution in [0.15, 0.2) is 0 Å². The van der Waals surface area contributed by atoms with Crippen LogP contribution in [0, 0.1) is 0 Å². The molecule has 1 amide bonds. The number of primary amides is 1. The monoisotopic (exact) mass is 257 g/mol. The SMILES string of the molecule is CNC1(C(N)=O)CCC(N(CCOC)C(C)C)C1. The van der Waals surface area contributed by atoms with E-state index in [0.29, 0.717) is 12.1 Å². The lowest BCUT2D eigenvalue weighted by atomic mass is 9.96. The minimum Gasteiger partial charge on any atom is -0.383 e. The maximum Gasteiger partial charge on any atom is 0.237 e. The molecule has 3 N–H and O–H groups in total. The van der Waals surface area contributed by atoms with Gasteiger partial charge in [-0.2, -0.15) is 0 Å². The number of hydrogen-bond acceptors (Lipinski definition) is 4. The Morgan fingerprint density at radius 3 is 2.67 bits per heavy atom. The van der Waals surface area contributed by atoms with Crippen LogP contribution in [0.25, 0.3) is 0 Å². The fraction of sp³-hybridized carbons (Fsp3) is 0.923. The molecule has 0 aliphatic heterocycles. The molecule has 0 aromatic heterocycles. The van der Waals surface area contributed by atoms with E-state index in [1.807, 2.05) is 7.05 Å². The average molecular weight is 257 g/mol. The smallest absolute Gasteiger partial charge is 0.237 e. The van der Waals surface area contributed by atoms with Crippen LogP contribution in [0.5, 0.6) is 0 Å². The highest BCUT2D eigenvalue weighted by Gasteiger charge is 2.44. The molecule has 1 aliphatic carbocycles. The molecule has 1 aliphatic rings. The molecule has 2 unspecified atom stereocenters. The predicted molar refractivity (Wildman–Crippen MR) is 72.3 cm³/mol. The van der Waals surface area contributed by atoms with Gasteiger partial charge in [-0.15, -0.1) is 0 Å². The van der Waals surface area contributed by atoms with Gasteiger partial charge in [-0.25, -0.2) is 0 Å². The molecule has 5 nitrogen and oxygen atoms in total. The van der Waals surface area contributed by atoms with Crippen molar-refractivity contribution in [2.45, 2.75) is 50.7 Å². The second-order valence-corrected chi connectivity index (χ2v) is 5.42. The molecule has 0 spiro atoms. The van der Waals surface area contributed by atoms with Gasteiger partial charge in [-0.05, 0) is 40.2 Å². The maximum absolute atomic E-state index is 11.6. The summed E-state index contributed by atoms with van der Waals surface area (Å²) in [5.74, 6) is -0.233. The number of likely N-dealkylation sites (N-methyl/N-ethyl adjacent to an activating group) is 1. The molecule has 5 heteroatoms. The first-order valence-corrected chi connectivity index (χ1v) is 6.70. The fourth-order valence-corrected chi connectivity index (χ4v) is 2.94. The van der Waals surface area contributed by atoms with Crippen molar-refractivity contribution in [3.63, 3.8) is 0 Å². The number of carbonyl (C=O) groups excluding carboxylic acids is 1. The molecular formula is C13H27N3O2. The lowest BCUT2D eigenvalue weighted by Crippen LogP contribution is -2.53. The Labute approximate surface area is 110 Å². The second kappa shape index (κ2) is 6.50. The lowest BCUT2D eigenvalue weighted by Gasteiger charge is -2.34. The quantitative estimate of drug-likeness (QED) is 0.690. The third kappa shape index (κ3) is 3.22. The molecule has 1 rings (SSSR count). The molecule has 0 bridgehead atoms. The van der Waals surface area contributed by atoms with Gasteiger partial charge in [0.15, 0.2) is 0 Å². The van der Waals surface area contributed by atoms with Crippen LogP contribution >= 0.6 is 0 Å². The number of nitrogens with two attached hydrogens (primary N) is 1. The molecule has 0 aromatic rings. The molecule has 18 heavy (non-hydrogen) atoms. The van der Waals surface area contributed by atoms with E-state index in [4.69, 9.17) is 10.5 Å². The molecule has 0 heterocycles. The van der Waals surface area contributed by atoms with E-state index < -0.39 is 5.54 Å². The van der Waals surface area contributed by atoms with Gasteiger partial charge in [-0.1, -0.05) is 0 Å². The van der Waals surface area contributed by atoms with Crippen molar-refractivity contribution >= 4 is 5.91 Å². The van der Waals surface area contributed by atoms with E-state index in [9.17, 15) is 4.79 Å². The van der Waals surface area contributed by atoms with Gasteiger partial charge in [0.1, 0.15) is 0 Å². The third-order valence-electron chi connectivity index (χ3n) is 4.12. The van der Waals surface area contributed by atoms with Gasteiger partial charge in [0.2, 0.25) is 5.91 Å². The minimum absolute atomic E-state index is 0.233. The van der Waals surface area contributed by atoms with E-state index >= 15 is 0 Å². The number of hydrogen-bond donors (Lipinski definition) is 2. The molecule has 2 atom stereocenters. The van der Waals surface area contributed by atoms with Crippen molar-refractivity contribution in [1.29, 1.82) is 0 Å². The average Bonchev–Trinajstić information content (AvgIpc) is 2.75. The molecule has 106 valence electrons. The van der Waals surface area contributed by atoms with Crippen LogP contribution in [0.4, 0.5) is 0 Å². The lowest BCUT2D eigenvalue weighted by molar-refractivity contribution is -0.124. The Balaban J connectivity index is 2.70. The normalized spacial score (nSPS) is 28.2. The number of nitrogens with one attached hydrogen (secondary N) is 1. The maximum atomic E-state index is 11.6. The Kier molecular flexibility index (Phi) is 5.56. The summed E-state index contributed by atoms with van der Waals surface area (Å²) < 4.78 is 5.16. The van der Waals surface area contributed by atoms with E-state index in [-0.39, 0.29) is 5.91 Å². The highest BCUT2D eigenvalue weighted by molar-refractivity contribution is 5.85. The molecular weight excluding hydrogens is 230 g/mol. The van der Waals surface area contributed by atoms with Crippen molar-refractivity contribution in [1.82, 2.24) is 10.2 Å². The molecule has 1 saturated carbocycles. The second-order valence-electron chi connectivity index (χ2n) is 5.42. The van der Waals surface area contributed by atoms with Crippen LogP contribution < -0.4 is 11.1 Å². The first kappa shape index (κ1) is 15.4. The Hall–Kier alpha value is -0.650. The summed E-state index contributed by atoms with van der Waals surface area (Å²) in [5, 5.41) is 3.12. The zero-order valence-corrected chi connectivity index (χ0v) is 12.0.